The van der Waals surface area contributed by atoms with Crippen LogP contribution in [0.4, 0.5) is 5.69 Å². The fraction of sp³-hybridized carbons (Fsp3) is 0. The SMILES string of the molecule is N#C/C(=C\c1ccc(Br)cc1)S(=O)(=O)Nc1ccccc1Oc1ccccc1. The Labute approximate surface area is 172 Å². The zero-order valence-electron chi connectivity index (χ0n) is 14.5. The highest BCUT2D eigenvalue weighted by Crippen LogP contribution is 2.31. The maximum atomic E-state index is 12.7. The molecule has 0 unspecified atom stereocenters. The lowest BCUT2D eigenvalue weighted by Gasteiger charge is -2.13. The molecule has 0 bridgehead atoms. The van der Waals surface area contributed by atoms with Gasteiger partial charge in [-0.15, -0.1) is 0 Å². The van der Waals surface area contributed by atoms with E-state index in [1.54, 1.807) is 66.7 Å². The summed E-state index contributed by atoms with van der Waals surface area (Å²) in [5, 5.41) is 9.38. The molecule has 140 valence electrons. The fourth-order valence-corrected chi connectivity index (χ4v) is 3.58. The standard InChI is InChI=1S/C21H15BrN2O3S/c22-17-12-10-16(11-13-17)14-19(15-23)28(25,26)24-20-8-4-5-9-21(20)27-18-6-2-1-3-7-18/h1-14,24H/b19-14+. The number of ether oxygens (including phenoxy) is 1. The molecule has 0 aliphatic carbocycles. The summed E-state index contributed by atoms with van der Waals surface area (Å²) < 4.78 is 34.5. The average Bonchev–Trinajstić information content (AvgIpc) is 2.69. The van der Waals surface area contributed by atoms with Crippen LogP contribution in [0.2, 0.25) is 0 Å². The first-order valence-corrected chi connectivity index (χ1v) is 10.5. The molecule has 3 aromatic rings. The van der Waals surface area contributed by atoms with Crippen LogP contribution in [0.25, 0.3) is 6.08 Å². The summed E-state index contributed by atoms with van der Waals surface area (Å²) in [6, 6.07) is 24.4. The molecule has 3 rings (SSSR count). The monoisotopic (exact) mass is 454 g/mol. The molecule has 0 radical (unpaired) electrons. The lowest BCUT2D eigenvalue weighted by molar-refractivity contribution is 0.485. The van der Waals surface area contributed by atoms with Gasteiger partial charge in [0.1, 0.15) is 11.8 Å². The van der Waals surface area contributed by atoms with E-state index in [4.69, 9.17) is 4.74 Å². The van der Waals surface area contributed by atoms with Crippen molar-refractivity contribution in [3.05, 3.63) is 93.8 Å². The Bertz CT molecular complexity index is 1140. The molecule has 0 aliphatic rings. The van der Waals surface area contributed by atoms with Crippen LogP contribution in [0.15, 0.2) is 88.2 Å². The van der Waals surface area contributed by atoms with Gasteiger partial charge in [0.2, 0.25) is 0 Å². The number of hydrogen-bond donors (Lipinski definition) is 1. The summed E-state index contributed by atoms with van der Waals surface area (Å²) in [6.07, 6.45) is 1.31. The number of para-hydroxylation sites is 3. The van der Waals surface area contributed by atoms with Crippen molar-refractivity contribution in [3.8, 4) is 17.6 Å². The Morgan fingerprint density at radius 3 is 2.29 bits per heavy atom. The molecule has 0 saturated carbocycles. The van der Waals surface area contributed by atoms with Crippen LogP contribution in [0.1, 0.15) is 5.56 Å². The highest BCUT2D eigenvalue weighted by Gasteiger charge is 2.20. The van der Waals surface area contributed by atoms with Crippen molar-refractivity contribution < 1.29 is 13.2 Å². The number of allylic oxidation sites excluding steroid dienone is 1. The smallest absolute Gasteiger partial charge is 0.272 e. The molecular formula is C21H15BrN2O3S. The van der Waals surface area contributed by atoms with Gasteiger partial charge in [0.15, 0.2) is 10.7 Å². The molecule has 0 aliphatic heterocycles. The second-order valence-electron chi connectivity index (χ2n) is 5.69. The number of anilines is 1. The molecule has 3 aromatic carbocycles. The number of nitrogens with one attached hydrogen (secondary N) is 1. The number of hydrogen-bond acceptors (Lipinski definition) is 4. The first kappa shape index (κ1) is 19.7. The van der Waals surface area contributed by atoms with Gasteiger partial charge in [0, 0.05) is 4.47 Å². The summed E-state index contributed by atoms with van der Waals surface area (Å²) in [4.78, 5) is -0.399. The van der Waals surface area contributed by atoms with Crippen LogP contribution in [0.3, 0.4) is 0 Å². The van der Waals surface area contributed by atoms with Crippen LogP contribution in [0.5, 0.6) is 11.5 Å². The first-order chi connectivity index (χ1) is 13.5. The predicted octanol–water partition coefficient (Wildman–Crippen LogP) is 5.55. The zero-order chi connectivity index (χ0) is 20.0. The number of sulfonamides is 1. The van der Waals surface area contributed by atoms with Crippen molar-refractivity contribution >= 4 is 37.7 Å². The number of nitrogens with zero attached hydrogens (tertiary/aromatic N) is 1. The summed E-state index contributed by atoms with van der Waals surface area (Å²) in [7, 11) is -4.09. The number of nitriles is 1. The molecule has 0 atom stereocenters. The van der Waals surface area contributed by atoms with Crippen molar-refractivity contribution in [2.45, 2.75) is 0 Å². The van der Waals surface area contributed by atoms with Crippen molar-refractivity contribution in [2.75, 3.05) is 4.72 Å². The lowest BCUT2D eigenvalue weighted by atomic mass is 10.2. The number of halogens is 1. The van der Waals surface area contributed by atoms with Crippen molar-refractivity contribution in [1.29, 1.82) is 5.26 Å². The van der Waals surface area contributed by atoms with Gasteiger partial charge in [0.05, 0.1) is 5.69 Å². The van der Waals surface area contributed by atoms with E-state index >= 15 is 0 Å². The van der Waals surface area contributed by atoms with Crippen LogP contribution in [-0.2, 0) is 10.0 Å². The van der Waals surface area contributed by atoms with E-state index in [1.165, 1.54) is 6.08 Å². The fourth-order valence-electron chi connectivity index (χ4n) is 2.34. The Morgan fingerprint density at radius 1 is 0.964 bits per heavy atom. The minimum Gasteiger partial charge on any atom is -0.455 e. The predicted molar refractivity (Wildman–Crippen MR) is 113 cm³/mol. The van der Waals surface area contributed by atoms with Gasteiger partial charge < -0.3 is 4.74 Å². The van der Waals surface area contributed by atoms with Gasteiger partial charge >= 0.3 is 0 Å². The maximum Gasteiger partial charge on any atom is 0.272 e. The van der Waals surface area contributed by atoms with E-state index in [0.29, 0.717) is 17.1 Å². The highest BCUT2D eigenvalue weighted by atomic mass is 79.9. The third-order valence-corrected chi connectivity index (χ3v) is 5.48. The number of benzene rings is 3. The van der Waals surface area contributed by atoms with Crippen molar-refractivity contribution in [1.82, 2.24) is 0 Å². The minimum absolute atomic E-state index is 0.239. The quantitative estimate of drug-likeness (QED) is 0.495. The molecule has 0 saturated heterocycles. The zero-order valence-corrected chi connectivity index (χ0v) is 16.9. The topological polar surface area (TPSA) is 79.2 Å². The molecule has 0 spiro atoms. The third kappa shape index (κ3) is 5.00. The van der Waals surface area contributed by atoms with Crippen LogP contribution in [-0.4, -0.2) is 8.42 Å². The Balaban J connectivity index is 1.89. The Hall–Kier alpha value is -3.08. The largest absolute Gasteiger partial charge is 0.455 e. The highest BCUT2D eigenvalue weighted by molar-refractivity contribution is 9.10. The van der Waals surface area contributed by atoms with E-state index in [2.05, 4.69) is 20.7 Å². The molecule has 0 heterocycles. The summed E-state index contributed by atoms with van der Waals surface area (Å²) >= 11 is 3.32. The summed E-state index contributed by atoms with van der Waals surface area (Å²) in [6.45, 7) is 0. The molecule has 1 N–H and O–H groups in total. The maximum absolute atomic E-state index is 12.7. The summed E-state index contributed by atoms with van der Waals surface area (Å²) in [5.41, 5.74) is 0.835. The van der Waals surface area contributed by atoms with E-state index in [1.807, 2.05) is 18.2 Å². The average molecular weight is 455 g/mol. The Morgan fingerprint density at radius 2 is 1.61 bits per heavy atom. The van der Waals surface area contributed by atoms with E-state index < -0.39 is 14.9 Å². The summed E-state index contributed by atoms with van der Waals surface area (Å²) in [5.74, 6) is 0.901. The van der Waals surface area contributed by atoms with Gasteiger partial charge in [-0.2, -0.15) is 5.26 Å². The second-order valence-corrected chi connectivity index (χ2v) is 8.26. The van der Waals surface area contributed by atoms with Gasteiger partial charge in [0.25, 0.3) is 10.0 Å². The van der Waals surface area contributed by atoms with Crippen LogP contribution < -0.4 is 9.46 Å². The first-order valence-electron chi connectivity index (χ1n) is 8.20. The minimum atomic E-state index is -4.09. The van der Waals surface area contributed by atoms with Crippen LogP contribution in [0, 0.1) is 11.3 Å². The molecule has 0 aromatic heterocycles. The van der Waals surface area contributed by atoms with E-state index in [9.17, 15) is 13.7 Å². The second kappa shape index (κ2) is 8.74. The van der Waals surface area contributed by atoms with Gasteiger partial charge in [-0.05, 0) is 48.0 Å². The molecule has 0 fully saturated rings. The van der Waals surface area contributed by atoms with E-state index in [0.717, 1.165) is 4.47 Å². The third-order valence-electron chi connectivity index (χ3n) is 3.67. The van der Waals surface area contributed by atoms with E-state index in [-0.39, 0.29) is 5.69 Å². The van der Waals surface area contributed by atoms with Gasteiger partial charge in [-0.3, -0.25) is 4.72 Å². The number of rotatable bonds is 6. The van der Waals surface area contributed by atoms with Crippen LogP contribution >= 0.6 is 15.9 Å². The lowest BCUT2D eigenvalue weighted by Crippen LogP contribution is -2.14. The normalized spacial score (nSPS) is 11.5. The molecule has 28 heavy (non-hydrogen) atoms. The molecule has 5 nitrogen and oxygen atoms in total. The van der Waals surface area contributed by atoms with Gasteiger partial charge in [-0.25, -0.2) is 8.42 Å². The Kier molecular flexibility index (Phi) is 6.14. The molecule has 0 amide bonds. The van der Waals surface area contributed by atoms with Crippen molar-refractivity contribution in [3.63, 3.8) is 0 Å². The van der Waals surface area contributed by atoms with Crippen molar-refractivity contribution in [2.24, 2.45) is 0 Å². The molecular weight excluding hydrogens is 440 g/mol. The van der Waals surface area contributed by atoms with Gasteiger partial charge in [-0.1, -0.05) is 58.4 Å². The molecule has 7 heteroatoms.